The smallest absolute Gasteiger partial charge is 0.319 e. The van der Waals surface area contributed by atoms with Crippen molar-refractivity contribution >= 4 is 46.6 Å². The number of nitrogens with one attached hydrogen (secondary N) is 4. The highest BCUT2D eigenvalue weighted by molar-refractivity contribution is 6.08. The number of nitrogens with two attached hydrogens (primary N) is 1. The number of Topliss-reactive ketones (excluding diaryl/α,β-unsaturated/α-hetero) is 1. The third-order valence-corrected chi connectivity index (χ3v) is 12.8. The molecule has 1 aliphatic heterocycles. The molecular formula is C58H95N7O17. The summed E-state index contributed by atoms with van der Waals surface area (Å²) < 4.78 is 66.1. The zero-order valence-electron chi connectivity index (χ0n) is 48.9. The highest BCUT2D eigenvalue weighted by Crippen LogP contribution is 2.37. The van der Waals surface area contributed by atoms with Gasteiger partial charge in [0.2, 0.25) is 5.91 Å². The molecule has 1 atom stereocenters. The van der Waals surface area contributed by atoms with Crippen molar-refractivity contribution in [2.45, 2.75) is 71.4 Å². The van der Waals surface area contributed by atoms with Gasteiger partial charge in [0.05, 0.1) is 176 Å². The number of nitrogens with zero attached hydrogens (tertiary/aromatic N) is 2. The first kappa shape index (κ1) is 69.6. The van der Waals surface area contributed by atoms with E-state index in [4.69, 9.17) is 62.6 Å². The predicted octanol–water partition coefficient (Wildman–Crippen LogP) is 3.37. The van der Waals surface area contributed by atoms with Gasteiger partial charge in [0.25, 0.3) is 11.8 Å². The summed E-state index contributed by atoms with van der Waals surface area (Å²) in [5.74, 6) is -0.856. The molecule has 0 aromatic heterocycles. The quantitative estimate of drug-likeness (QED) is 0.0594. The minimum Gasteiger partial charge on any atom is -0.379 e. The van der Waals surface area contributed by atoms with Gasteiger partial charge < -0.3 is 93.6 Å². The Kier molecular flexibility index (Phi) is 37.1. The van der Waals surface area contributed by atoms with E-state index in [-0.39, 0.29) is 55.8 Å². The molecule has 0 radical (unpaired) electrons. The van der Waals surface area contributed by atoms with Crippen molar-refractivity contribution in [1.82, 2.24) is 16.0 Å². The molecule has 1 aliphatic carbocycles. The van der Waals surface area contributed by atoms with Gasteiger partial charge in [-0.05, 0) is 43.2 Å². The molecule has 0 bridgehead atoms. The number of benzene rings is 2. The second-order valence-corrected chi connectivity index (χ2v) is 20.3. The fourth-order valence-corrected chi connectivity index (χ4v) is 8.39. The van der Waals surface area contributed by atoms with E-state index >= 15 is 0 Å². The molecule has 1 saturated carbocycles. The Hall–Kier alpha value is -4.93. The fraction of sp³-hybridized carbons (Fsp3) is 0.707. The Morgan fingerprint density at radius 2 is 1.00 bits per heavy atom. The topological polar surface area (TPSA) is 277 Å². The molecule has 1 heterocycles. The number of fused-ring (bicyclic) bond motifs is 1. The average molecular weight is 1160 g/mol. The zero-order valence-corrected chi connectivity index (χ0v) is 48.9. The molecule has 1 fully saturated rings. The molecule has 0 saturated heterocycles. The van der Waals surface area contributed by atoms with Gasteiger partial charge in [-0.3, -0.25) is 19.2 Å². The molecule has 0 unspecified atom stereocenters. The third kappa shape index (κ3) is 30.6. The van der Waals surface area contributed by atoms with Crippen molar-refractivity contribution in [1.29, 1.82) is 0 Å². The van der Waals surface area contributed by atoms with Crippen molar-refractivity contribution in [3.05, 3.63) is 54.1 Å². The lowest BCUT2D eigenvalue weighted by molar-refractivity contribution is -0.127. The number of ether oxygens (including phenoxy) is 12. The third-order valence-electron chi connectivity index (χ3n) is 12.8. The molecule has 2 aliphatic rings. The molecule has 24 nitrogen and oxygen atoms in total. The van der Waals surface area contributed by atoms with E-state index in [1.165, 1.54) is 4.90 Å². The van der Waals surface area contributed by atoms with Crippen molar-refractivity contribution in [2.24, 2.45) is 11.1 Å². The van der Waals surface area contributed by atoms with Crippen LogP contribution in [0.15, 0.2) is 48.5 Å². The molecule has 4 rings (SSSR count). The molecule has 82 heavy (non-hydrogen) atoms. The number of urea groups is 1. The van der Waals surface area contributed by atoms with Crippen LogP contribution in [0.25, 0.3) is 0 Å². The van der Waals surface area contributed by atoms with Crippen LogP contribution in [0.5, 0.6) is 0 Å². The largest absolute Gasteiger partial charge is 0.379 e. The van der Waals surface area contributed by atoms with Gasteiger partial charge in [-0.2, -0.15) is 0 Å². The second kappa shape index (κ2) is 43.7. The summed E-state index contributed by atoms with van der Waals surface area (Å²) >= 11 is 0. The number of hydrogen-bond donors (Lipinski definition) is 5. The van der Waals surface area contributed by atoms with Crippen molar-refractivity contribution < 1.29 is 80.8 Å². The summed E-state index contributed by atoms with van der Waals surface area (Å²) in [6, 6.07) is 12.9. The normalized spacial score (nSPS) is 14.8. The number of ketones is 1. The standard InChI is InChI=1S/C58H95N7O17/c1-58(2,3)53(66)46-65-52-15-8-7-14-51(52)64(49-12-5-4-6-13-49)45-50(56(65)69)63-57(70)62-48-11-9-10-47(44-48)55(68)61-19-21-72-23-25-74-27-29-76-31-33-78-35-37-80-39-41-82-43-42-81-40-38-79-36-34-77-32-30-75-28-26-73-24-22-71-20-16-54(67)60-18-17-59/h7-11,14-15,44,49-50H,4-6,12-13,16-43,45-46,59H2,1-3H3,(H,60,67)(H,61,68)(H2,62,63,70)/t50-/m1/s1. The van der Waals surface area contributed by atoms with Gasteiger partial charge in [-0.15, -0.1) is 0 Å². The van der Waals surface area contributed by atoms with Gasteiger partial charge in [0.15, 0.2) is 5.78 Å². The number of carbonyl (C=O) groups excluding carboxylic acids is 5. The van der Waals surface area contributed by atoms with E-state index in [1.807, 2.05) is 45.0 Å². The molecular weight excluding hydrogens is 1070 g/mol. The first-order chi connectivity index (χ1) is 40.0. The number of amides is 5. The van der Waals surface area contributed by atoms with Crippen LogP contribution < -0.4 is 36.8 Å². The summed E-state index contributed by atoms with van der Waals surface area (Å²) in [7, 11) is 0. The molecule has 6 N–H and O–H groups in total. The lowest BCUT2D eigenvalue weighted by atomic mass is 9.90. The summed E-state index contributed by atoms with van der Waals surface area (Å²) in [4.78, 5) is 69.5. The van der Waals surface area contributed by atoms with Gasteiger partial charge in [-0.25, -0.2) is 4.79 Å². The van der Waals surface area contributed by atoms with Gasteiger partial charge >= 0.3 is 6.03 Å². The maximum atomic E-state index is 14.3. The number of hydrogen-bond acceptors (Lipinski definition) is 19. The number of carbonyl (C=O) groups is 5. The maximum Gasteiger partial charge on any atom is 0.319 e. The minimum atomic E-state index is -0.941. The van der Waals surface area contributed by atoms with Crippen molar-refractivity contribution in [2.75, 3.05) is 206 Å². The van der Waals surface area contributed by atoms with Crippen LogP contribution in [0.4, 0.5) is 21.9 Å². The van der Waals surface area contributed by atoms with Crippen LogP contribution >= 0.6 is 0 Å². The summed E-state index contributed by atoms with van der Waals surface area (Å²) in [6.45, 7) is 17.1. The van der Waals surface area contributed by atoms with Gasteiger partial charge in [0, 0.05) is 55.3 Å². The Morgan fingerprint density at radius 3 is 1.46 bits per heavy atom. The summed E-state index contributed by atoms with van der Waals surface area (Å²) in [5, 5.41) is 11.2. The second-order valence-electron chi connectivity index (χ2n) is 20.3. The Balaban J connectivity index is 0.898. The van der Waals surface area contributed by atoms with Crippen LogP contribution in [-0.2, 0) is 71.2 Å². The van der Waals surface area contributed by atoms with Crippen molar-refractivity contribution in [3.63, 3.8) is 0 Å². The predicted molar refractivity (Wildman–Crippen MR) is 309 cm³/mol. The zero-order chi connectivity index (χ0) is 58.7. The van der Waals surface area contributed by atoms with Crippen LogP contribution in [0.1, 0.15) is 69.7 Å². The van der Waals surface area contributed by atoms with E-state index in [1.54, 1.807) is 24.3 Å². The van der Waals surface area contributed by atoms with Gasteiger partial charge in [-0.1, -0.05) is 58.2 Å². The molecule has 2 aromatic rings. The molecule has 5 amide bonds. The summed E-state index contributed by atoms with van der Waals surface area (Å²) in [6.07, 6.45) is 5.58. The minimum absolute atomic E-state index is 0.0740. The molecule has 0 spiro atoms. The Labute approximate surface area is 484 Å². The highest BCUT2D eigenvalue weighted by atomic mass is 16.6. The average Bonchev–Trinajstić information content (AvgIpc) is 3.55. The number of anilines is 3. The molecule has 24 heteroatoms. The van der Waals surface area contributed by atoms with E-state index in [0.29, 0.717) is 188 Å². The summed E-state index contributed by atoms with van der Waals surface area (Å²) in [5.41, 5.74) is 6.93. The SMILES string of the molecule is CC(C)(C)C(=O)CN1C(=O)[C@H](NC(=O)Nc2cccc(C(=O)NCCOCCOCCOCCOCCOCCOCCOCCOCCOCCOCCOCCOCCC(=O)NCCN)c2)CN(C2CCCCC2)c2ccccc21. The maximum absolute atomic E-state index is 14.3. The van der Waals surface area contributed by atoms with Crippen LogP contribution in [0.2, 0.25) is 0 Å². The van der Waals surface area contributed by atoms with Crippen molar-refractivity contribution in [3.8, 4) is 0 Å². The Morgan fingerprint density at radius 1 is 0.549 bits per heavy atom. The van der Waals surface area contributed by atoms with Crippen LogP contribution in [0.3, 0.4) is 0 Å². The van der Waals surface area contributed by atoms with E-state index in [9.17, 15) is 24.0 Å². The first-order valence-electron chi connectivity index (χ1n) is 29.0. The molecule has 464 valence electrons. The van der Waals surface area contributed by atoms with Crippen LogP contribution in [-0.4, -0.2) is 233 Å². The number of para-hydroxylation sites is 2. The lowest BCUT2D eigenvalue weighted by Crippen LogP contribution is -2.55. The van der Waals surface area contributed by atoms with Crippen LogP contribution in [0, 0.1) is 5.41 Å². The lowest BCUT2D eigenvalue weighted by Gasteiger charge is -2.37. The van der Waals surface area contributed by atoms with E-state index in [0.717, 1.165) is 37.8 Å². The fourth-order valence-electron chi connectivity index (χ4n) is 8.39. The van der Waals surface area contributed by atoms with E-state index < -0.39 is 17.5 Å². The first-order valence-corrected chi connectivity index (χ1v) is 29.0. The highest BCUT2D eigenvalue weighted by Gasteiger charge is 2.39. The van der Waals surface area contributed by atoms with Gasteiger partial charge in [0.1, 0.15) is 6.04 Å². The number of rotatable bonds is 47. The monoisotopic (exact) mass is 1160 g/mol. The molecule has 2 aromatic carbocycles. The van der Waals surface area contributed by atoms with E-state index in [2.05, 4.69) is 26.2 Å². The Bertz CT molecular complexity index is 2060.